The van der Waals surface area contributed by atoms with Crippen LogP contribution in [-0.4, -0.2) is 80.5 Å². The fourth-order valence-corrected chi connectivity index (χ4v) is 8.32. The van der Waals surface area contributed by atoms with E-state index in [9.17, 15) is 42.8 Å². The van der Waals surface area contributed by atoms with Crippen LogP contribution in [0.2, 0.25) is 0 Å². The van der Waals surface area contributed by atoms with Gasteiger partial charge >= 0.3 is 37.7 Å². The average Bonchev–Trinajstić information content (AvgIpc) is 2.89. The summed E-state index contributed by atoms with van der Waals surface area (Å²) in [4.78, 5) is -2.61. The molecule has 0 amide bonds. The van der Waals surface area contributed by atoms with Crippen LogP contribution in [0.15, 0.2) is 139 Å². The van der Waals surface area contributed by atoms with Crippen LogP contribution < -0.4 is 0 Å². The molecule has 0 saturated heterocycles. The predicted molar refractivity (Wildman–Crippen MR) is 138 cm³/mol. The summed E-state index contributed by atoms with van der Waals surface area (Å²) in [6, 6.07) is 24.2. The van der Waals surface area contributed by atoms with Crippen LogP contribution in [0.5, 0.6) is 0 Å². The van der Waals surface area contributed by atoms with Crippen molar-refractivity contribution in [2.24, 2.45) is 0 Å². The average molecular weight is 635 g/mol. The Morgan fingerprint density at radius 2 is 0.590 bits per heavy atom. The van der Waals surface area contributed by atoms with Gasteiger partial charge in [0.1, 0.15) is 20.2 Å². The fourth-order valence-electron chi connectivity index (χ4n) is 3.21. The molecule has 0 saturated carbocycles. The molecule has 0 aliphatic heterocycles. The van der Waals surface area contributed by atoms with Crippen LogP contribution in [0.25, 0.3) is 0 Å². The van der Waals surface area contributed by atoms with E-state index in [-0.39, 0.29) is 47.5 Å². The third-order valence-electron chi connectivity index (χ3n) is 4.92. The number of benzene rings is 4. The molecule has 0 heterocycles. The van der Waals surface area contributed by atoms with E-state index < -0.39 is 59.5 Å². The molecule has 0 bridgehead atoms. The second-order valence-corrected chi connectivity index (χ2v) is 14.0. The van der Waals surface area contributed by atoms with Gasteiger partial charge in [0.15, 0.2) is 0 Å². The molecule has 0 atom stereocenters. The molecule has 4 rings (SSSR count). The molecule has 0 aromatic heterocycles. The first-order valence-corrected chi connectivity index (χ1v) is 16.2. The van der Waals surface area contributed by atoms with Gasteiger partial charge in [-0.2, -0.15) is 0 Å². The summed E-state index contributed by atoms with van der Waals surface area (Å²) in [6.07, 6.45) is 0. The van der Waals surface area contributed by atoms with Crippen LogP contribution >= 0.6 is 0 Å². The smallest absolute Gasteiger partial charge is 0.744 e. The Kier molecular flexibility index (Phi) is 11.0. The number of rotatable bonds is 6. The van der Waals surface area contributed by atoms with Crippen LogP contribution in [-0.2, 0) is 39.9 Å². The first-order valence-electron chi connectivity index (χ1n) is 10.4. The van der Waals surface area contributed by atoms with Crippen LogP contribution in [0.4, 0.5) is 0 Å². The van der Waals surface area contributed by atoms with Crippen molar-refractivity contribution in [3.8, 4) is 0 Å². The Bertz CT molecular complexity index is 1730. The molecule has 15 heteroatoms. The molecule has 4 aromatic carbocycles. The summed E-state index contributed by atoms with van der Waals surface area (Å²) < 4.78 is 116. The topological polar surface area (TPSA) is 183 Å². The Labute approximate surface area is 256 Å². The number of sulfone groups is 2. The molecule has 0 radical (unpaired) electrons. The second-order valence-electron chi connectivity index (χ2n) is 7.43. The zero-order chi connectivity index (χ0) is 28.2. The largest absolute Gasteiger partial charge is 2.00 e. The van der Waals surface area contributed by atoms with E-state index in [4.69, 9.17) is 0 Å². The summed E-state index contributed by atoms with van der Waals surface area (Å²) in [5, 5.41) is 0. The maximum absolute atomic E-state index is 12.3. The van der Waals surface area contributed by atoms with Crippen molar-refractivity contribution < 1.29 is 42.8 Å². The van der Waals surface area contributed by atoms with Gasteiger partial charge in [0.05, 0.1) is 29.4 Å². The van der Waals surface area contributed by atoms with Crippen molar-refractivity contribution in [1.82, 2.24) is 0 Å². The van der Waals surface area contributed by atoms with E-state index in [1.807, 2.05) is 0 Å². The van der Waals surface area contributed by atoms with Crippen LogP contribution in [0.1, 0.15) is 0 Å². The van der Waals surface area contributed by atoms with Crippen molar-refractivity contribution >= 4 is 77.6 Å². The van der Waals surface area contributed by atoms with Crippen LogP contribution in [0, 0.1) is 0 Å². The molecule has 0 aliphatic rings. The van der Waals surface area contributed by atoms with E-state index in [1.54, 1.807) is 12.1 Å². The van der Waals surface area contributed by atoms with Gasteiger partial charge in [-0.1, -0.05) is 60.7 Å². The minimum atomic E-state index is -4.85. The number of hydrogen-bond donors (Lipinski definition) is 0. The van der Waals surface area contributed by atoms with Gasteiger partial charge in [-0.25, -0.2) is 33.7 Å². The Morgan fingerprint density at radius 3 is 0.846 bits per heavy atom. The Morgan fingerprint density at radius 1 is 0.359 bits per heavy atom. The van der Waals surface area contributed by atoms with E-state index in [1.165, 1.54) is 72.8 Å². The van der Waals surface area contributed by atoms with Gasteiger partial charge in [-0.05, 0) is 48.5 Å². The summed E-state index contributed by atoms with van der Waals surface area (Å²) in [5.74, 6) is 0. The Balaban J connectivity index is 0.000000267. The quantitative estimate of drug-likeness (QED) is 0.226. The Hall–Kier alpha value is -2.14. The van der Waals surface area contributed by atoms with Crippen molar-refractivity contribution in [3.63, 3.8) is 0 Å². The summed E-state index contributed by atoms with van der Waals surface area (Å²) in [6.45, 7) is 0. The first-order chi connectivity index (χ1) is 17.7. The summed E-state index contributed by atoms with van der Waals surface area (Å²) >= 11 is 0. The predicted octanol–water partition coefficient (Wildman–Crippen LogP) is 2.47. The van der Waals surface area contributed by atoms with Crippen LogP contribution in [0.3, 0.4) is 0 Å². The standard InChI is InChI=1S/2C12H10O5S2.Ca/c2*13-18(14,10-6-2-1-3-7-10)11-8-4-5-9-12(11)19(15,16)17;/h2*1-9H,(H,15,16,17);/q;;+2/p-2. The molecule has 0 unspecified atom stereocenters. The van der Waals surface area contributed by atoms with Gasteiger partial charge < -0.3 is 9.11 Å². The van der Waals surface area contributed by atoms with Gasteiger partial charge in [0.2, 0.25) is 19.7 Å². The summed E-state index contributed by atoms with van der Waals surface area (Å²) in [7, 11) is -17.8. The molecule has 10 nitrogen and oxygen atoms in total. The van der Waals surface area contributed by atoms with Crippen molar-refractivity contribution in [2.75, 3.05) is 0 Å². The van der Waals surface area contributed by atoms with Crippen molar-refractivity contribution in [3.05, 3.63) is 109 Å². The molecule has 0 aliphatic carbocycles. The first kappa shape index (κ1) is 33.1. The molecule has 200 valence electrons. The van der Waals surface area contributed by atoms with Gasteiger partial charge in [-0.3, -0.25) is 0 Å². The van der Waals surface area contributed by atoms with E-state index in [2.05, 4.69) is 0 Å². The van der Waals surface area contributed by atoms with Crippen molar-refractivity contribution in [1.29, 1.82) is 0 Å². The third kappa shape index (κ3) is 7.96. The molecular formula is C24H18CaO10S4. The molecule has 0 N–H and O–H groups in total. The number of hydrogen-bond acceptors (Lipinski definition) is 10. The van der Waals surface area contributed by atoms with Crippen molar-refractivity contribution in [2.45, 2.75) is 29.4 Å². The monoisotopic (exact) mass is 634 g/mol. The maximum Gasteiger partial charge on any atom is 2.00 e. The zero-order valence-corrected chi connectivity index (χ0v) is 25.3. The molecule has 0 spiro atoms. The second kappa shape index (κ2) is 13.0. The van der Waals surface area contributed by atoms with Gasteiger partial charge in [0, 0.05) is 0 Å². The molecule has 39 heavy (non-hydrogen) atoms. The molecule has 0 fully saturated rings. The minimum Gasteiger partial charge on any atom is -0.744 e. The zero-order valence-electron chi connectivity index (χ0n) is 19.8. The van der Waals surface area contributed by atoms with E-state index >= 15 is 0 Å². The molecular weight excluding hydrogens is 617 g/mol. The fraction of sp³-hybridized carbons (Fsp3) is 0. The van der Waals surface area contributed by atoms with Gasteiger partial charge in [-0.15, -0.1) is 0 Å². The normalized spacial score (nSPS) is 11.9. The SMILES string of the molecule is O=S(=O)([O-])c1ccccc1S(=O)(=O)c1ccccc1.O=S(=O)([O-])c1ccccc1S(=O)(=O)c1ccccc1.[Ca+2]. The summed E-state index contributed by atoms with van der Waals surface area (Å²) in [5.41, 5.74) is 0. The van der Waals surface area contributed by atoms with E-state index in [0.717, 1.165) is 24.3 Å². The van der Waals surface area contributed by atoms with E-state index in [0.29, 0.717) is 0 Å². The maximum atomic E-state index is 12.3. The molecule has 4 aromatic rings. The third-order valence-corrected chi connectivity index (χ3v) is 10.6. The minimum absolute atomic E-state index is 0. The van der Waals surface area contributed by atoms with Gasteiger partial charge in [0.25, 0.3) is 0 Å².